The Labute approximate surface area is 140 Å². The third-order valence-electron chi connectivity index (χ3n) is 3.65. The Morgan fingerprint density at radius 2 is 1.48 bits per heavy atom. The van der Waals surface area contributed by atoms with Crippen molar-refractivity contribution in [3.8, 4) is 0 Å². The van der Waals surface area contributed by atoms with Gasteiger partial charge >= 0.3 is 0 Å². The summed E-state index contributed by atoms with van der Waals surface area (Å²) in [5.41, 5.74) is 2.96. The fourth-order valence-corrected chi connectivity index (χ4v) is 3.73. The Bertz CT molecular complexity index is 811. The van der Waals surface area contributed by atoms with E-state index >= 15 is 0 Å². The molecule has 0 aliphatic heterocycles. The van der Waals surface area contributed by atoms with Gasteiger partial charge in [-0.3, -0.25) is 0 Å². The van der Waals surface area contributed by atoms with Crippen molar-refractivity contribution in [2.24, 2.45) is 0 Å². The average molecular weight is 406 g/mol. The highest BCUT2D eigenvalue weighted by molar-refractivity contribution is 9.11. The number of aliphatic hydroxyl groups is 1. The van der Waals surface area contributed by atoms with Crippen molar-refractivity contribution in [1.29, 1.82) is 0 Å². The Morgan fingerprint density at radius 1 is 0.810 bits per heavy atom. The summed E-state index contributed by atoms with van der Waals surface area (Å²) in [5.74, 6) is 0. The summed E-state index contributed by atoms with van der Waals surface area (Å²) in [4.78, 5) is 0. The SMILES string of the molecule is Cc1ccc(C(O)c2ccc(Br)c3ccccc23)c(Br)c1. The van der Waals surface area contributed by atoms with Gasteiger partial charge in [0.1, 0.15) is 6.10 Å². The van der Waals surface area contributed by atoms with Crippen molar-refractivity contribution in [2.45, 2.75) is 13.0 Å². The molecule has 0 aromatic heterocycles. The molecule has 0 fully saturated rings. The number of rotatable bonds is 2. The fourth-order valence-electron chi connectivity index (χ4n) is 2.55. The predicted molar refractivity (Wildman–Crippen MR) is 94.6 cm³/mol. The summed E-state index contributed by atoms with van der Waals surface area (Å²) >= 11 is 7.12. The molecule has 1 nitrogen and oxygen atoms in total. The lowest BCUT2D eigenvalue weighted by molar-refractivity contribution is 0.221. The van der Waals surface area contributed by atoms with E-state index in [0.717, 1.165) is 30.8 Å². The van der Waals surface area contributed by atoms with Crippen molar-refractivity contribution < 1.29 is 5.11 Å². The number of fused-ring (bicyclic) bond motifs is 1. The van der Waals surface area contributed by atoms with Gasteiger partial charge in [-0.15, -0.1) is 0 Å². The van der Waals surface area contributed by atoms with Crippen molar-refractivity contribution >= 4 is 42.6 Å². The molecule has 0 aliphatic rings. The van der Waals surface area contributed by atoms with E-state index in [-0.39, 0.29) is 0 Å². The van der Waals surface area contributed by atoms with E-state index in [1.807, 2.05) is 55.5 Å². The van der Waals surface area contributed by atoms with Crippen molar-refractivity contribution in [3.63, 3.8) is 0 Å². The number of aryl methyl sites for hydroxylation is 1. The molecule has 3 aromatic carbocycles. The lowest BCUT2D eigenvalue weighted by Crippen LogP contribution is -2.02. The normalized spacial score (nSPS) is 12.6. The van der Waals surface area contributed by atoms with Crippen LogP contribution in [-0.2, 0) is 0 Å². The smallest absolute Gasteiger partial charge is 0.106 e. The molecule has 0 aliphatic carbocycles. The molecule has 0 spiro atoms. The second-order valence-electron chi connectivity index (χ2n) is 5.11. The van der Waals surface area contributed by atoms with Crippen molar-refractivity contribution in [3.05, 3.63) is 80.2 Å². The quantitative estimate of drug-likeness (QED) is 0.574. The second-order valence-corrected chi connectivity index (χ2v) is 6.82. The summed E-state index contributed by atoms with van der Waals surface area (Å²) in [6.45, 7) is 2.04. The third kappa shape index (κ3) is 2.78. The summed E-state index contributed by atoms with van der Waals surface area (Å²) in [5, 5.41) is 13.0. The van der Waals surface area contributed by atoms with Gasteiger partial charge in [0.25, 0.3) is 0 Å². The minimum absolute atomic E-state index is 0.655. The topological polar surface area (TPSA) is 20.2 Å². The maximum atomic E-state index is 10.8. The van der Waals surface area contributed by atoms with Crippen LogP contribution >= 0.6 is 31.9 Å². The monoisotopic (exact) mass is 404 g/mol. The third-order valence-corrected chi connectivity index (χ3v) is 5.03. The van der Waals surface area contributed by atoms with E-state index in [4.69, 9.17) is 0 Å². The molecule has 0 heterocycles. The zero-order chi connectivity index (χ0) is 15.0. The highest BCUT2D eigenvalue weighted by atomic mass is 79.9. The van der Waals surface area contributed by atoms with Gasteiger partial charge in [-0.05, 0) is 46.5 Å². The maximum absolute atomic E-state index is 10.8. The van der Waals surface area contributed by atoms with Crippen LogP contribution in [0.2, 0.25) is 0 Å². The van der Waals surface area contributed by atoms with Crippen LogP contribution in [0, 0.1) is 6.92 Å². The minimum atomic E-state index is -0.655. The molecular formula is C18H14Br2O. The van der Waals surface area contributed by atoms with Gasteiger partial charge in [-0.2, -0.15) is 0 Å². The van der Waals surface area contributed by atoms with Gasteiger partial charge in [0.05, 0.1) is 0 Å². The second kappa shape index (κ2) is 5.91. The van der Waals surface area contributed by atoms with Crippen LogP contribution in [0.1, 0.15) is 22.8 Å². The Kier molecular flexibility index (Phi) is 4.16. The van der Waals surface area contributed by atoms with Gasteiger partial charge < -0.3 is 5.11 Å². The van der Waals surface area contributed by atoms with Crippen LogP contribution in [0.25, 0.3) is 10.8 Å². The molecule has 0 radical (unpaired) electrons. The molecular weight excluding hydrogens is 392 g/mol. The minimum Gasteiger partial charge on any atom is -0.384 e. The molecule has 3 aromatic rings. The lowest BCUT2D eigenvalue weighted by Gasteiger charge is -2.17. The van der Waals surface area contributed by atoms with Crippen molar-refractivity contribution in [1.82, 2.24) is 0 Å². The summed E-state index contributed by atoms with van der Waals surface area (Å²) in [7, 11) is 0. The van der Waals surface area contributed by atoms with E-state index in [0.29, 0.717) is 0 Å². The zero-order valence-electron chi connectivity index (χ0n) is 11.5. The highest BCUT2D eigenvalue weighted by Gasteiger charge is 2.17. The lowest BCUT2D eigenvalue weighted by atomic mass is 9.95. The van der Waals surface area contributed by atoms with Gasteiger partial charge in [0.2, 0.25) is 0 Å². The zero-order valence-corrected chi connectivity index (χ0v) is 14.6. The van der Waals surface area contributed by atoms with Gasteiger partial charge in [-0.25, -0.2) is 0 Å². The summed E-state index contributed by atoms with van der Waals surface area (Å²) in [6.07, 6.45) is -0.655. The molecule has 1 atom stereocenters. The molecule has 1 N–H and O–H groups in total. The van der Waals surface area contributed by atoms with Gasteiger partial charge in [0, 0.05) is 8.95 Å². The van der Waals surface area contributed by atoms with E-state index in [9.17, 15) is 5.11 Å². The number of hydrogen-bond donors (Lipinski definition) is 1. The molecule has 0 saturated heterocycles. The summed E-state index contributed by atoms with van der Waals surface area (Å²) < 4.78 is 1.97. The van der Waals surface area contributed by atoms with Crippen LogP contribution in [0.15, 0.2) is 63.5 Å². The Hall–Kier alpha value is -1.16. The van der Waals surface area contributed by atoms with Crippen LogP contribution in [0.5, 0.6) is 0 Å². The molecule has 21 heavy (non-hydrogen) atoms. The molecule has 0 bridgehead atoms. The molecule has 0 saturated carbocycles. The number of halogens is 2. The first-order valence-corrected chi connectivity index (χ1v) is 8.28. The van der Waals surface area contributed by atoms with Gasteiger partial charge in [0.15, 0.2) is 0 Å². The predicted octanol–water partition coefficient (Wildman–Crippen LogP) is 5.75. The number of hydrogen-bond acceptors (Lipinski definition) is 1. The molecule has 3 rings (SSSR count). The van der Waals surface area contributed by atoms with E-state index in [2.05, 4.69) is 37.9 Å². The van der Waals surface area contributed by atoms with Crippen LogP contribution in [0.3, 0.4) is 0 Å². The average Bonchev–Trinajstić information content (AvgIpc) is 2.47. The van der Waals surface area contributed by atoms with Crippen LogP contribution < -0.4 is 0 Å². The van der Waals surface area contributed by atoms with E-state index in [1.165, 1.54) is 5.56 Å². The first-order valence-electron chi connectivity index (χ1n) is 6.69. The van der Waals surface area contributed by atoms with Gasteiger partial charge in [-0.1, -0.05) is 74.3 Å². The largest absolute Gasteiger partial charge is 0.384 e. The first kappa shape index (κ1) is 14.8. The van der Waals surface area contributed by atoms with E-state index < -0.39 is 6.10 Å². The molecule has 3 heteroatoms. The van der Waals surface area contributed by atoms with Crippen molar-refractivity contribution in [2.75, 3.05) is 0 Å². The molecule has 0 amide bonds. The van der Waals surface area contributed by atoms with E-state index in [1.54, 1.807) is 0 Å². The summed E-state index contributed by atoms with van der Waals surface area (Å²) in [6, 6.07) is 18.1. The Balaban J connectivity index is 2.18. The fraction of sp³-hybridized carbons (Fsp3) is 0.111. The molecule has 1 unspecified atom stereocenters. The Morgan fingerprint density at radius 3 is 2.19 bits per heavy atom. The van der Waals surface area contributed by atoms with Crippen LogP contribution in [0.4, 0.5) is 0 Å². The standard InChI is InChI=1S/C18H14Br2O/c1-11-6-7-15(17(20)10-11)18(21)14-8-9-16(19)13-5-3-2-4-12(13)14/h2-10,18,21H,1H3. The first-order chi connectivity index (χ1) is 10.1. The molecule has 106 valence electrons. The highest BCUT2D eigenvalue weighted by Crippen LogP contribution is 2.35. The number of benzene rings is 3. The van der Waals surface area contributed by atoms with Crippen LogP contribution in [-0.4, -0.2) is 5.11 Å². The maximum Gasteiger partial charge on any atom is 0.106 e. The number of aliphatic hydroxyl groups excluding tert-OH is 1.